The average molecular weight is 283 g/mol. The van der Waals surface area contributed by atoms with Crippen LogP contribution >= 0.6 is 0 Å². The number of nitrogens with zero attached hydrogens (tertiary/aromatic N) is 3. The summed E-state index contributed by atoms with van der Waals surface area (Å²) in [6.07, 6.45) is -2.38. The van der Waals surface area contributed by atoms with Crippen LogP contribution in [0.5, 0.6) is 0 Å². The van der Waals surface area contributed by atoms with Crippen LogP contribution in [0.4, 0.5) is 11.5 Å². The van der Waals surface area contributed by atoms with Crippen molar-refractivity contribution in [1.82, 2.24) is 9.55 Å². The largest absolute Gasteiger partial charge is 0.394 e. The van der Waals surface area contributed by atoms with Gasteiger partial charge < -0.3 is 34.8 Å². The third-order valence-corrected chi connectivity index (χ3v) is 3.68. The van der Waals surface area contributed by atoms with E-state index in [2.05, 4.69) is 10.3 Å². The highest BCUT2D eigenvalue weighted by Crippen LogP contribution is 2.33. The van der Waals surface area contributed by atoms with Crippen molar-refractivity contribution in [2.45, 2.75) is 24.5 Å². The van der Waals surface area contributed by atoms with Crippen LogP contribution in [0.3, 0.4) is 0 Å². The first-order valence-electron chi connectivity index (χ1n) is 6.27. The second-order valence-corrected chi connectivity index (χ2v) is 4.94. The molecule has 0 spiro atoms. The third kappa shape index (κ3) is 1.79. The second kappa shape index (κ2) is 4.70. The lowest BCUT2D eigenvalue weighted by atomic mass is 10.1. The van der Waals surface area contributed by atoms with Gasteiger partial charge in [-0.2, -0.15) is 0 Å². The van der Waals surface area contributed by atoms with Gasteiger partial charge in [0.05, 0.1) is 19.6 Å². The van der Waals surface area contributed by atoms with Gasteiger partial charge in [0, 0.05) is 7.05 Å². The minimum absolute atomic E-state index is 0.104. The minimum Gasteiger partial charge on any atom is -0.394 e. The fourth-order valence-corrected chi connectivity index (χ4v) is 2.64. The number of aliphatic hydroxyl groups excluding tert-OH is 3. The molecule has 3 heterocycles. The third-order valence-electron chi connectivity index (χ3n) is 3.68. The molecule has 110 valence electrons. The van der Waals surface area contributed by atoms with E-state index in [0.29, 0.717) is 18.2 Å². The number of anilines is 2. The van der Waals surface area contributed by atoms with Crippen LogP contribution in [0.2, 0.25) is 0 Å². The van der Waals surface area contributed by atoms with Gasteiger partial charge in [-0.15, -0.1) is 0 Å². The normalized spacial score (nSPS) is 32.3. The number of nitrogens with one attached hydrogen (secondary N) is 2. The Morgan fingerprint density at radius 1 is 1.50 bits per heavy atom. The van der Waals surface area contributed by atoms with E-state index in [-0.39, 0.29) is 12.1 Å². The first-order chi connectivity index (χ1) is 9.54. The Kier molecular flexibility index (Phi) is 3.13. The molecule has 1 aromatic heterocycles. The zero-order valence-corrected chi connectivity index (χ0v) is 10.9. The van der Waals surface area contributed by atoms with Crippen molar-refractivity contribution < 1.29 is 20.1 Å². The Hall–Kier alpha value is -1.68. The quantitative estimate of drug-likeness (QED) is 0.407. The molecule has 0 aliphatic carbocycles. The molecule has 9 heteroatoms. The number of aryl methyl sites for hydroxylation is 1. The summed E-state index contributed by atoms with van der Waals surface area (Å²) in [5.74, 6) is 0.653. The van der Waals surface area contributed by atoms with E-state index in [9.17, 15) is 10.2 Å². The summed E-state index contributed by atoms with van der Waals surface area (Å²) in [7, 11) is 1.77. The molecule has 5 N–H and O–H groups in total. The summed E-state index contributed by atoms with van der Waals surface area (Å²) in [4.78, 5) is 5.63. The highest BCUT2D eigenvalue weighted by molar-refractivity contribution is 5.70. The second-order valence-electron chi connectivity index (χ2n) is 4.94. The zero-order valence-electron chi connectivity index (χ0n) is 10.9. The van der Waals surface area contributed by atoms with Gasteiger partial charge in [-0.1, -0.05) is 0 Å². The first kappa shape index (κ1) is 13.3. The summed E-state index contributed by atoms with van der Waals surface area (Å²) >= 11 is 0. The topological polar surface area (TPSA) is 127 Å². The molecule has 20 heavy (non-hydrogen) atoms. The molecule has 0 amide bonds. The van der Waals surface area contributed by atoms with Crippen LogP contribution < -0.4 is 15.7 Å². The van der Waals surface area contributed by atoms with Crippen molar-refractivity contribution in [3.05, 3.63) is 11.8 Å². The summed E-state index contributed by atoms with van der Waals surface area (Å²) in [5, 5.41) is 39.8. The van der Waals surface area contributed by atoms with Gasteiger partial charge in [0.1, 0.15) is 29.8 Å². The molecule has 0 bridgehead atoms. The standard InChI is InChI=1S/C11H17N5O4/c1-15-3-14-9(12)6-10(15)16(4-13-6)11-8(19)7(18)5(2-17)20-11/h3,5,7-8,11-13,17-19H,2,4H2,1H3/t5-,7-,8-,11-/m1/s1. The van der Waals surface area contributed by atoms with Gasteiger partial charge in [0.15, 0.2) is 11.7 Å². The average Bonchev–Trinajstić information content (AvgIpc) is 2.99. The summed E-state index contributed by atoms with van der Waals surface area (Å²) in [6.45, 7) is -0.0393. The van der Waals surface area contributed by atoms with E-state index < -0.39 is 24.5 Å². The van der Waals surface area contributed by atoms with E-state index >= 15 is 0 Å². The monoisotopic (exact) mass is 283 g/mol. The molecule has 0 radical (unpaired) electrons. The van der Waals surface area contributed by atoms with Gasteiger partial charge in [-0.05, 0) is 0 Å². The molecule has 1 saturated heterocycles. The van der Waals surface area contributed by atoms with Crippen LogP contribution in [0.25, 0.3) is 0 Å². The molecule has 0 aromatic carbocycles. The lowest BCUT2D eigenvalue weighted by Crippen LogP contribution is -2.45. The van der Waals surface area contributed by atoms with Crippen LogP contribution in [0, 0.1) is 5.41 Å². The van der Waals surface area contributed by atoms with Crippen molar-refractivity contribution in [1.29, 1.82) is 5.41 Å². The molecule has 0 saturated carbocycles. The van der Waals surface area contributed by atoms with Gasteiger partial charge in [-0.3, -0.25) is 5.41 Å². The van der Waals surface area contributed by atoms with Gasteiger partial charge >= 0.3 is 0 Å². The smallest absolute Gasteiger partial charge is 0.173 e. The lowest BCUT2D eigenvalue weighted by molar-refractivity contribution is -0.0221. The lowest BCUT2D eigenvalue weighted by Gasteiger charge is -2.28. The highest BCUT2D eigenvalue weighted by atomic mass is 16.6. The maximum Gasteiger partial charge on any atom is 0.173 e. The Morgan fingerprint density at radius 3 is 2.90 bits per heavy atom. The predicted octanol–water partition coefficient (Wildman–Crippen LogP) is -2.47. The molecular formula is C11H17N5O4. The van der Waals surface area contributed by atoms with Crippen molar-refractivity contribution in [3.63, 3.8) is 0 Å². The molecule has 0 unspecified atom stereocenters. The molecular weight excluding hydrogens is 266 g/mol. The van der Waals surface area contributed by atoms with Crippen molar-refractivity contribution in [2.75, 3.05) is 23.5 Å². The summed E-state index contributed by atoms with van der Waals surface area (Å²) in [5.41, 5.74) is 0.653. The Morgan fingerprint density at radius 2 is 2.25 bits per heavy atom. The van der Waals surface area contributed by atoms with Crippen molar-refractivity contribution >= 4 is 11.5 Å². The van der Waals surface area contributed by atoms with Gasteiger partial charge in [0.25, 0.3) is 0 Å². The van der Waals surface area contributed by atoms with E-state index in [1.807, 2.05) is 0 Å². The number of fused-ring (bicyclic) bond motifs is 1. The maximum atomic E-state index is 10.1. The van der Waals surface area contributed by atoms with Crippen molar-refractivity contribution in [2.24, 2.45) is 7.05 Å². The molecule has 3 rings (SSSR count). The number of hydrogen-bond acceptors (Lipinski definition) is 8. The maximum absolute atomic E-state index is 10.1. The van der Waals surface area contributed by atoms with Gasteiger partial charge in [-0.25, -0.2) is 4.98 Å². The van der Waals surface area contributed by atoms with E-state index in [1.54, 1.807) is 16.5 Å². The first-order valence-corrected chi connectivity index (χ1v) is 6.27. The molecule has 2 aliphatic rings. The van der Waals surface area contributed by atoms with Crippen LogP contribution in [0.15, 0.2) is 6.33 Å². The highest BCUT2D eigenvalue weighted by Gasteiger charge is 2.47. The fourth-order valence-electron chi connectivity index (χ4n) is 2.64. The molecule has 9 nitrogen and oxygen atoms in total. The van der Waals surface area contributed by atoms with E-state index in [4.69, 9.17) is 15.3 Å². The zero-order chi connectivity index (χ0) is 14.4. The number of hydrogen-bond donors (Lipinski definition) is 5. The van der Waals surface area contributed by atoms with Crippen LogP contribution in [-0.4, -0.2) is 62.7 Å². The van der Waals surface area contributed by atoms with Crippen LogP contribution in [0.1, 0.15) is 0 Å². The SMILES string of the molecule is Cn1cnc(=N)c2c1N([C@@H]1O[C@H](CO)[C@@H](O)[C@H]1O)CN2. The number of rotatable bonds is 2. The molecule has 1 fully saturated rings. The number of aromatic nitrogens is 2. The van der Waals surface area contributed by atoms with Crippen LogP contribution in [-0.2, 0) is 11.8 Å². The fraction of sp³-hybridized carbons (Fsp3) is 0.636. The number of aliphatic hydroxyl groups is 3. The Balaban J connectivity index is 1.96. The van der Waals surface area contributed by atoms with Crippen molar-refractivity contribution in [3.8, 4) is 0 Å². The molecule has 1 aromatic rings. The number of ether oxygens (including phenoxy) is 1. The molecule has 4 atom stereocenters. The van der Waals surface area contributed by atoms with Gasteiger partial charge in [0.2, 0.25) is 0 Å². The Labute approximate surface area is 114 Å². The summed E-state index contributed by atoms with van der Waals surface area (Å²) < 4.78 is 7.22. The van der Waals surface area contributed by atoms with E-state index in [1.165, 1.54) is 6.33 Å². The summed E-state index contributed by atoms with van der Waals surface area (Å²) in [6, 6.07) is 0. The minimum atomic E-state index is -1.14. The predicted molar refractivity (Wildman–Crippen MR) is 67.8 cm³/mol. The van der Waals surface area contributed by atoms with E-state index in [0.717, 1.165) is 0 Å². The molecule has 2 aliphatic heterocycles. The Bertz CT molecular complexity index is 576.